The topological polar surface area (TPSA) is 46.6 Å². The zero-order valence-corrected chi connectivity index (χ0v) is 15.5. The van der Waals surface area contributed by atoms with E-state index in [0.717, 1.165) is 37.9 Å². The van der Waals surface area contributed by atoms with E-state index in [1.807, 2.05) is 6.92 Å². The van der Waals surface area contributed by atoms with E-state index >= 15 is 0 Å². The Morgan fingerprint density at radius 2 is 1.70 bits per heavy atom. The van der Waals surface area contributed by atoms with Crippen LogP contribution in [0.2, 0.25) is 0 Å². The van der Waals surface area contributed by atoms with E-state index in [0.29, 0.717) is 5.92 Å². The molecule has 0 amide bonds. The summed E-state index contributed by atoms with van der Waals surface area (Å²) in [5.74, 6) is 0.557. The molecular weight excluding hydrogens is 310 g/mol. The third kappa shape index (κ3) is 5.30. The van der Waals surface area contributed by atoms with Crippen LogP contribution in [0.15, 0.2) is 29.2 Å². The number of rotatable bonds is 5. The Hall–Kier alpha value is -0.910. The highest BCUT2D eigenvalue weighted by Gasteiger charge is 2.27. The number of hydrogen-bond acceptors (Lipinski definition) is 4. The summed E-state index contributed by atoms with van der Waals surface area (Å²) in [5.41, 5.74) is 1.26. The van der Waals surface area contributed by atoms with Gasteiger partial charge in [0.15, 0.2) is 0 Å². The molecule has 2 rings (SSSR count). The highest BCUT2D eigenvalue weighted by molar-refractivity contribution is 7.86. The SMILES string of the molecule is Cc1ccc(S(=O)(=O)OCCC2CCN(C(C)(C)C)CC2)cc1. The molecule has 0 bridgehead atoms. The Morgan fingerprint density at radius 1 is 1.13 bits per heavy atom. The third-order valence-electron chi connectivity index (χ3n) is 4.64. The zero-order valence-electron chi connectivity index (χ0n) is 14.7. The van der Waals surface area contributed by atoms with Gasteiger partial charge in [-0.05, 0) is 78.1 Å². The predicted molar refractivity (Wildman–Crippen MR) is 93.0 cm³/mol. The van der Waals surface area contributed by atoms with Crippen LogP contribution in [0.3, 0.4) is 0 Å². The largest absolute Gasteiger partial charge is 0.298 e. The summed E-state index contributed by atoms with van der Waals surface area (Å²) in [6.07, 6.45) is 3.04. The Balaban J connectivity index is 1.78. The number of hydrogen-bond donors (Lipinski definition) is 0. The molecule has 1 saturated heterocycles. The third-order valence-corrected chi connectivity index (χ3v) is 5.96. The highest BCUT2D eigenvalue weighted by Crippen LogP contribution is 2.26. The van der Waals surface area contributed by atoms with E-state index in [4.69, 9.17) is 4.18 Å². The summed E-state index contributed by atoms with van der Waals surface area (Å²) >= 11 is 0. The minimum absolute atomic E-state index is 0.219. The van der Waals surface area contributed by atoms with Crippen molar-refractivity contribution in [2.45, 2.75) is 57.4 Å². The van der Waals surface area contributed by atoms with Gasteiger partial charge in [-0.3, -0.25) is 9.08 Å². The lowest BCUT2D eigenvalue weighted by Gasteiger charge is -2.40. The number of likely N-dealkylation sites (tertiary alicyclic amines) is 1. The average molecular weight is 340 g/mol. The van der Waals surface area contributed by atoms with Gasteiger partial charge in [0.05, 0.1) is 11.5 Å². The van der Waals surface area contributed by atoms with Crippen molar-refractivity contribution in [3.05, 3.63) is 29.8 Å². The first-order chi connectivity index (χ1) is 10.7. The van der Waals surface area contributed by atoms with Gasteiger partial charge in [0.2, 0.25) is 0 Å². The molecule has 4 nitrogen and oxygen atoms in total. The molecule has 0 aliphatic carbocycles. The summed E-state index contributed by atoms with van der Waals surface area (Å²) in [6.45, 7) is 11.1. The molecule has 0 aromatic heterocycles. The van der Waals surface area contributed by atoms with E-state index in [1.165, 1.54) is 0 Å². The molecule has 0 atom stereocenters. The van der Waals surface area contributed by atoms with Gasteiger partial charge < -0.3 is 0 Å². The first-order valence-electron chi connectivity index (χ1n) is 8.39. The molecule has 0 radical (unpaired) electrons. The van der Waals surface area contributed by atoms with Crippen molar-refractivity contribution in [1.82, 2.24) is 4.90 Å². The minimum Gasteiger partial charge on any atom is -0.298 e. The molecule has 1 heterocycles. The summed E-state index contributed by atoms with van der Waals surface area (Å²) in [5, 5.41) is 0. The molecule has 23 heavy (non-hydrogen) atoms. The number of benzene rings is 1. The van der Waals surface area contributed by atoms with Crippen molar-refractivity contribution >= 4 is 10.1 Å². The molecule has 5 heteroatoms. The van der Waals surface area contributed by atoms with Crippen LogP contribution in [0.4, 0.5) is 0 Å². The van der Waals surface area contributed by atoms with Crippen molar-refractivity contribution in [1.29, 1.82) is 0 Å². The fraction of sp³-hybridized carbons (Fsp3) is 0.667. The second-order valence-corrected chi connectivity index (χ2v) is 9.09. The van der Waals surface area contributed by atoms with Gasteiger partial charge in [-0.25, -0.2) is 0 Å². The lowest BCUT2D eigenvalue weighted by atomic mass is 9.91. The van der Waals surface area contributed by atoms with Crippen LogP contribution in [0.5, 0.6) is 0 Å². The zero-order chi connectivity index (χ0) is 17.1. The van der Waals surface area contributed by atoms with Crippen molar-refractivity contribution in [3.63, 3.8) is 0 Å². The second-order valence-electron chi connectivity index (χ2n) is 7.48. The summed E-state index contributed by atoms with van der Waals surface area (Å²) < 4.78 is 29.5. The minimum atomic E-state index is -3.62. The van der Waals surface area contributed by atoms with Crippen LogP contribution in [0.25, 0.3) is 0 Å². The smallest absolute Gasteiger partial charge is 0.296 e. The number of aryl methyl sites for hydroxylation is 1. The highest BCUT2D eigenvalue weighted by atomic mass is 32.2. The lowest BCUT2D eigenvalue weighted by Crippen LogP contribution is -2.46. The molecule has 1 aliphatic rings. The van der Waals surface area contributed by atoms with Crippen molar-refractivity contribution in [2.75, 3.05) is 19.7 Å². The average Bonchev–Trinajstić information content (AvgIpc) is 2.47. The van der Waals surface area contributed by atoms with Gasteiger partial charge in [0, 0.05) is 5.54 Å². The Labute approximate surface area is 141 Å². The number of piperidine rings is 1. The van der Waals surface area contributed by atoms with Gasteiger partial charge in [-0.2, -0.15) is 8.42 Å². The molecular formula is C18H29NO3S. The maximum Gasteiger partial charge on any atom is 0.296 e. The summed E-state index contributed by atoms with van der Waals surface area (Å²) in [4.78, 5) is 2.73. The molecule has 1 aromatic rings. The molecule has 1 aromatic carbocycles. The van der Waals surface area contributed by atoms with Crippen LogP contribution >= 0.6 is 0 Å². The van der Waals surface area contributed by atoms with E-state index < -0.39 is 10.1 Å². The Kier molecular flexibility index (Phi) is 5.87. The monoisotopic (exact) mass is 339 g/mol. The summed E-state index contributed by atoms with van der Waals surface area (Å²) in [6, 6.07) is 6.79. The maximum absolute atomic E-state index is 12.1. The predicted octanol–water partition coefficient (Wildman–Crippen LogP) is 3.60. The lowest BCUT2D eigenvalue weighted by molar-refractivity contribution is 0.0814. The number of nitrogens with zero attached hydrogens (tertiary/aromatic N) is 1. The van der Waals surface area contributed by atoms with Gasteiger partial charge in [-0.1, -0.05) is 17.7 Å². The molecule has 0 N–H and O–H groups in total. The van der Waals surface area contributed by atoms with Gasteiger partial charge in [0.1, 0.15) is 0 Å². The van der Waals surface area contributed by atoms with Crippen molar-refractivity contribution in [3.8, 4) is 0 Å². The molecule has 0 saturated carbocycles. The van der Waals surface area contributed by atoms with E-state index in [2.05, 4.69) is 25.7 Å². The first kappa shape index (κ1) is 18.4. The second kappa shape index (κ2) is 7.32. The fourth-order valence-electron chi connectivity index (χ4n) is 2.99. The van der Waals surface area contributed by atoms with Crippen LogP contribution in [-0.2, 0) is 14.3 Å². The van der Waals surface area contributed by atoms with Gasteiger partial charge in [-0.15, -0.1) is 0 Å². The van der Waals surface area contributed by atoms with Crippen molar-refractivity contribution in [2.24, 2.45) is 5.92 Å². The van der Waals surface area contributed by atoms with E-state index in [-0.39, 0.29) is 17.0 Å². The normalized spacial score (nSPS) is 18.3. The molecule has 1 aliphatic heterocycles. The molecule has 130 valence electrons. The van der Waals surface area contributed by atoms with E-state index in [1.54, 1.807) is 24.3 Å². The molecule has 0 spiro atoms. The van der Waals surface area contributed by atoms with Crippen molar-refractivity contribution < 1.29 is 12.6 Å². The summed E-state index contributed by atoms with van der Waals surface area (Å²) in [7, 11) is -3.62. The van der Waals surface area contributed by atoms with Crippen LogP contribution < -0.4 is 0 Å². The Bertz CT molecular complexity index is 594. The maximum atomic E-state index is 12.1. The van der Waals surface area contributed by atoms with Crippen LogP contribution in [0.1, 0.15) is 45.6 Å². The van der Waals surface area contributed by atoms with E-state index in [9.17, 15) is 8.42 Å². The van der Waals surface area contributed by atoms with Crippen LogP contribution in [-0.4, -0.2) is 38.6 Å². The first-order valence-corrected chi connectivity index (χ1v) is 9.80. The molecule has 1 fully saturated rings. The fourth-order valence-corrected chi connectivity index (χ4v) is 3.91. The van der Waals surface area contributed by atoms with Crippen LogP contribution in [0, 0.1) is 12.8 Å². The molecule has 0 unspecified atom stereocenters. The van der Waals surface area contributed by atoms with Gasteiger partial charge in [0.25, 0.3) is 10.1 Å². The Morgan fingerprint density at radius 3 is 2.22 bits per heavy atom. The standard InChI is InChI=1S/C18H29NO3S/c1-15-5-7-17(8-6-15)23(20,21)22-14-11-16-9-12-19(13-10-16)18(2,3)4/h5-8,16H,9-14H2,1-4H3. The quantitative estimate of drug-likeness (QED) is 0.769. The van der Waals surface area contributed by atoms with Gasteiger partial charge >= 0.3 is 0 Å².